The Morgan fingerprint density at radius 2 is 2.10 bits per heavy atom. The molecule has 116 valence electrons. The van der Waals surface area contributed by atoms with E-state index in [9.17, 15) is 9.59 Å². The predicted octanol–water partition coefficient (Wildman–Crippen LogP) is 1.96. The van der Waals surface area contributed by atoms with E-state index in [1.54, 1.807) is 12.1 Å². The average Bonchev–Trinajstić information content (AvgIpc) is 2.43. The number of hydrogen-bond donors (Lipinski definition) is 2. The Hall–Kier alpha value is -2.11. The zero-order chi connectivity index (χ0) is 15.8. The molecule has 0 aliphatic carbocycles. The minimum absolute atomic E-state index is 0.0549. The van der Waals surface area contributed by atoms with Crippen LogP contribution in [0.3, 0.4) is 0 Å². The topological polar surface area (TPSA) is 88.5 Å². The average molecular weight is 294 g/mol. The second-order valence-corrected chi connectivity index (χ2v) is 5.39. The highest BCUT2D eigenvalue weighted by Crippen LogP contribution is 2.15. The maximum Gasteiger partial charge on any atom is 0.303 e. The summed E-state index contributed by atoms with van der Waals surface area (Å²) in [5.74, 6) is -0.355. The molecule has 2 N–H and O–H groups in total. The molecule has 0 radical (unpaired) electrons. The number of rotatable bonds is 8. The highest BCUT2D eigenvalue weighted by atomic mass is 16.5. The first-order valence-corrected chi connectivity index (χ1v) is 6.92. The Morgan fingerprint density at radius 3 is 2.57 bits per heavy atom. The van der Waals surface area contributed by atoms with Crippen LogP contribution >= 0.6 is 0 Å². The van der Waals surface area contributed by atoms with Gasteiger partial charge in [0, 0.05) is 25.2 Å². The number of aliphatic carboxylic acids is 1. The van der Waals surface area contributed by atoms with Crippen molar-refractivity contribution in [3.05, 3.63) is 23.9 Å². The lowest BCUT2D eigenvalue weighted by Gasteiger charge is -2.17. The van der Waals surface area contributed by atoms with Crippen LogP contribution in [0.1, 0.15) is 37.0 Å². The molecule has 1 aromatic heterocycles. The minimum Gasteiger partial charge on any atom is -0.481 e. The smallest absolute Gasteiger partial charge is 0.303 e. The van der Waals surface area contributed by atoms with Crippen molar-refractivity contribution in [2.75, 3.05) is 13.7 Å². The van der Waals surface area contributed by atoms with Crippen LogP contribution in [0.2, 0.25) is 0 Å². The predicted molar refractivity (Wildman–Crippen MR) is 78.3 cm³/mol. The van der Waals surface area contributed by atoms with Crippen molar-refractivity contribution < 1.29 is 19.4 Å². The van der Waals surface area contributed by atoms with Gasteiger partial charge in [-0.2, -0.15) is 0 Å². The van der Waals surface area contributed by atoms with Gasteiger partial charge in [0.2, 0.25) is 5.88 Å². The molecule has 0 fully saturated rings. The number of methoxy groups -OCH3 is 1. The zero-order valence-corrected chi connectivity index (χ0v) is 12.6. The number of carbonyl (C=O) groups excluding carboxylic acids is 1. The van der Waals surface area contributed by atoms with Crippen LogP contribution in [0.25, 0.3) is 0 Å². The maximum absolute atomic E-state index is 12.0. The Labute approximate surface area is 124 Å². The second kappa shape index (κ2) is 8.24. The van der Waals surface area contributed by atoms with Gasteiger partial charge in [-0.05, 0) is 24.3 Å². The highest BCUT2D eigenvalue weighted by Gasteiger charge is 2.16. The summed E-state index contributed by atoms with van der Waals surface area (Å²) < 4.78 is 4.93. The number of nitrogens with zero attached hydrogens (tertiary/aromatic N) is 1. The van der Waals surface area contributed by atoms with Crippen LogP contribution in [0.15, 0.2) is 18.3 Å². The Morgan fingerprint density at radius 1 is 1.38 bits per heavy atom. The van der Waals surface area contributed by atoms with Gasteiger partial charge in [0.15, 0.2) is 0 Å². The van der Waals surface area contributed by atoms with Gasteiger partial charge in [0.05, 0.1) is 12.7 Å². The van der Waals surface area contributed by atoms with Crippen LogP contribution in [0.4, 0.5) is 0 Å². The molecule has 6 heteroatoms. The molecule has 6 nitrogen and oxygen atoms in total. The number of pyridine rings is 1. The number of carboxylic acid groups (broad SMARTS) is 1. The van der Waals surface area contributed by atoms with Gasteiger partial charge < -0.3 is 15.2 Å². The standard InChI is InChI=1S/C15H22N2O4/c1-10(2)6-11(7-14(18)19)8-17-15(20)12-4-5-13(21-3)16-9-12/h4-5,9-11H,6-8H2,1-3H3,(H,17,20)(H,18,19)/t11-/m0/s1. The third-order valence-corrected chi connectivity index (χ3v) is 3.03. The molecule has 0 spiro atoms. The van der Waals surface area contributed by atoms with Crippen molar-refractivity contribution in [3.8, 4) is 5.88 Å². The van der Waals surface area contributed by atoms with Gasteiger partial charge in [-0.15, -0.1) is 0 Å². The van der Waals surface area contributed by atoms with E-state index in [4.69, 9.17) is 9.84 Å². The second-order valence-electron chi connectivity index (χ2n) is 5.39. The lowest BCUT2D eigenvalue weighted by molar-refractivity contribution is -0.138. The molecule has 0 saturated carbocycles. The third kappa shape index (κ3) is 6.25. The van der Waals surface area contributed by atoms with Gasteiger partial charge in [-0.1, -0.05) is 13.8 Å². The summed E-state index contributed by atoms with van der Waals surface area (Å²) in [5, 5.41) is 11.7. The molecule has 0 unspecified atom stereocenters. The van der Waals surface area contributed by atoms with E-state index in [1.807, 2.05) is 13.8 Å². The quantitative estimate of drug-likeness (QED) is 0.765. The number of hydrogen-bond acceptors (Lipinski definition) is 4. The summed E-state index contributed by atoms with van der Waals surface area (Å²) in [4.78, 5) is 26.8. The fourth-order valence-electron chi connectivity index (χ4n) is 2.13. The number of ether oxygens (including phenoxy) is 1. The van der Waals surface area contributed by atoms with Crippen molar-refractivity contribution in [1.29, 1.82) is 0 Å². The number of carboxylic acids is 1. The van der Waals surface area contributed by atoms with Gasteiger partial charge in [0.1, 0.15) is 0 Å². The summed E-state index contributed by atoms with van der Waals surface area (Å²) in [6, 6.07) is 3.23. The number of aromatic nitrogens is 1. The van der Waals surface area contributed by atoms with E-state index in [0.29, 0.717) is 23.9 Å². The first-order valence-electron chi connectivity index (χ1n) is 6.92. The zero-order valence-electron chi connectivity index (χ0n) is 12.6. The van der Waals surface area contributed by atoms with Crippen LogP contribution in [-0.2, 0) is 4.79 Å². The maximum atomic E-state index is 12.0. The number of amides is 1. The Bertz CT molecular complexity index is 471. The molecular formula is C15H22N2O4. The normalized spacial score (nSPS) is 12.0. The van der Waals surface area contributed by atoms with E-state index >= 15 is 0 Å². The van der Waals surface area contributed by atoms with Gasteiger partial charge in [0.25, 0.3) is 5.91 Å². The van der Waals surface area contributed by atoms with E-state index in [1.165, 1.54) is 13.3 Å². The molecule has 0 aromatic carbocycles. The minimum atomic E-state index is -0.846. The fourth-order valence-corrected chi connectivity index (χ4v) is 2.13. The van der Waals surface area contributed by atoms with Crippen molar-refractivity contribution in [1.82, 2.24) is 10.3 Å². The summed E-state index contributed by atoms with van der Waals surface area (Å²) >= 11 is 0. The molecule has 1 aromatic rings. The molecule has 21 heavy (non-hydrogen) atoms. The molecule has 0 bridgehead atoms. The van der Waals surface area contributed by atoms with E-state index < -0.39 is 5.97 Å². The van der Waals surface area contributed by atoms with Gasteiger partial charge in [-0.25, -0.2) is 4.98 Å². The summed E-state index contributed by atoms with van der Waals surface area (Å²) in [6.45, 7) is 4.41. The number of carbonyl (C=O) groups is 2. The fraction of sp³-hybridized carbons (Fsp3) is 0.533. The monoisotopic (exact) mass is 294 g/mol. The van der Waals surface area contributed by atoms with Crippen LogP contribution in [0.5, 0.6) is 5.88 Å². The molecule has 1 heterocycles. The Kier molecular flexibility index (Phi) is 6.65. The molecule has 0 aliphatic rings. The van der Waals surface area contributed by atoms with Crippen LogP contribution < -0.4 is 10.1 Å². The third-order valence-electron chi connectivity index (χ3n) is 3.03. The lowest BCUT2D eigenvalue weighted by Crippen LogP contribution is -2.31. The Balaban J connectivity index is 2.56. The summed E-state index contributed by atoms with van der Waals surface area (Å²) in [5.41, 5.74) is 0.425. The molecule has 1 atom stereocenters. The molecule has 1 rings (SSSR count). The summed E-state index contributed by atoms with van der Waals surface area (Å²) in [7, 11) is 1.50. The lowest BCUT2D eigenvalue weighted by atomic mass is 9.94. The van der Waals surface area contributed by atoms with Gasteiger partial charge >= 0.3 is 5.97 Å². The van der Waals surface area contributed by atoms with Crippen LogP contribution in [0, 0.1) is 11.8 Å². The van der Waals surface area contributed by atoms with Gasteiger partial charge in [-0.3, -0.25) is 9.59 Å². The first-order chi connectivity index (χ1) is 9.92. The molecule has 0 aliphatic heterocycles. The molecule has 0 saturated heterocycles. The molecule has 1 amide bonds. The van der Waals surface area contributed by atoms with Crippen molar-refractivity contribution in [2.45, 2.75) is 26.7 Å². The van der Waals surface area contributed by atoms with Crippen LogP contribution in [-0.4, -0.2) is 35.6 Å². The van der Waals surface area contributed by atoms with E-state index in [2.05, 4.69) is 10.3 Å². The largest absolute Gasteiger partial charge is 0.481 e. The number of nitrogens with one attached hydrogen (secondary N) is 1. The van der Waals surface area contributed by atoms with E-state index in [0.717, 1.165) is 6.42 Å². The van der Waals surface area contributed by atoms with Crippen molar-refractivity contribution in [3.63, 3.8) is 0 Å². The van der Waals surface area contributed by atoms with E-state index in [-0.39, 0.29) is 18.2 Å². The first kappa shape index (κ1) is 16.9. The van der Waals surface area contributed by atoms with Crippen molar-refractivity contribution >= 4 is 11.9 Å². The SMILES string of the molecule is COc1ccc(C(=O)NC[C@H](CC(=O)O)CC(C)C)cn1. The van der Waals surface area contributed by atoms with Crippen molar-refractivity contribution in [2.24, 2.45) is 11.8 Å². The summed E-state index contributed by atoms with van der Waals surface area (Å²) in [6.07, 6.45) is 2.25. The highest BCUT2D eigenvalue weighted by molar-refractivity contribution is 5.93. The molecular weight excluding hydrogens is 272 g/mol.